The highest BCUT2D eigenvalue weighted by atomic mass is 79.9. The maximum absolute atomic E-state index is 12.3. The molecule has 2 aliphatic rings. The zero-order valence-electron chi connectivity index (χ0n) is 13.4. The van der Waals surface area contributed by atoms with Gasteiger partial charge in [-0.05, 0) is 43.0 Å². The van der Waals surface area contributed by atoms with Gasteiger partial charge in [-0.25, -0.2) is 4.79 Å². The maximum atomic E-state index is 12.3. The Bertz CT molecular complexity index is 691. The van der Waals surface area contributed by atoms with E-state index in [0.717, 1.165) is 36.1 Å². The second kappa shape index (κ2) is 6.93. The van der Waals surface area contributed by atoms with Crippen molar-refractivity contribution in [3.8, 4) is 0 Å². The van der Waals surface area contributed by atoms with Crippen molar-refractivity contribution in [1.29, 1.82) is 0 Å². The SMILES string of the molecule is CC(=O)NC[C@H]1CN(c2ccc3c(c2)CCC[C@@H](Br)C3=O)C(=O)O1. The lowest BCUT2D eigenvalue weighted by molar-refractivity contribution is -0.119. The summed E-state index contributed by atoms with van der Waals surface area (Å²) < 4.78 is 5.28. The van der Waals surface area contributed by atoms with E-state index in [1.54, 1.807) is 17.0 Å². The molecule has 2 amide bonds. The van der Waals surface area contributed by atoms with Gasteiger partial charge in [-0.3, -0.25) is 14.5 Å². The number of fused-ring (bicyclic) bond motifs is 1. The van der Waals surface area contributed by atoms with E-state index in [0.29, 0.717) is 13.1 Å². The number of ketones is 1. The number of hydrogen-bond acceptors (Lipinski definition) is 4. The van der Waals surface area contributed by atoms with Gasteiger partial charge in [-0.15, -0.1) is 0 Å². The van der Waals surface area contributed by atoms with Crippen LogP contribution in [0.15, 0.2) is 18.2 Å². The molecule has 1 aliphatic carbocycles. The van der Waals surface area contributed by atoms with E-state index in [1.165, 1.54) is 6.92 Å². The smallest absolute Gasteiger partial charge is 0.414 e. The molecule has 2 atom stereocenters. The molecule has 24 heavy (non-hydrogen) atoms. The van der Waals surface area contributed by atoms with Crippen LogP contribution in [-0.4, -0.2) is 41.8 Å². The van der Waals surface area contributed by atoms with Crippen molar-refractivity contribution in [2.24, 2.45) is 0 Å². The third kappa shape index (κ3) is 3.45. The number of amides is 2. The van der Waals surface area contributed by atoms with Crippen LogP contribution >= 0.6 is 15.9 Å². The topological polar surface area (TPSA) is 75.7 Å². The second-order valence-corrected chi connectivity index (χ2v) is 7.22. The minimum atomic E-state index is -0.427. The number of nitrogens with zero attached hydrogens (tertiary/aromatic N) is 1. The fourth-order valence-electron chi connectivity index (χ4n) is 3.06. The predicted molar refractivity (Wildman–Crippen MR) is 92.7 cm³/mol. The van der Waals surface area contributed by atoms with Gasteiger partial charge >= 0.3 is 6.09 Å². The van der Waals surface area contributed by atoms with E-state index in [1.807, 2.05) is 6.07 Å². The van der Waals surface area contributed by atoms with Gasteiger partial charge in [0.25, 0.3) is 0 Å². The second-order valence-electron chi connectivity index (χ2n) is 6.12. The van der Waals surface area contributed by atoms with E-state index in [9.17, 15) is 14.4 Å². The zero-order chi connectivity index (χ0) is 17.3. The fraction of sp³-hybridized carbons (Fsp3) is 0.471. The number of benzene rings is 1. The lowest BCUT2D eigenvalue weighted by Gasteiger charge is -2.16. The maximum Gasteiger partial charge on any atom is 0.414 e. The van der Waals surface area contributed by atoms with Crippen molar-refractivity contribution < 1.29 is 19.1 Å². The molecule has 0 unspecified atom stereocenters. The van der Waals surface area contributed by atoms with Gasteiger partial charge in [0.2, 0.25) is 5.91 Å². The Hall–Kier alpha value is -1.89. The Morgan fingerprint density at radius 1 is 1.42 bits per heavy atom. The van der Waals surface area contributed by atoms with E-state index < -0.39 is 6.09 Å². The number of nitrogens with one attached hydrogen (secondary N) is 1. The van der Waals surface area contributed by atoms with Crippen molar-refractivity contribution in [2.45, 2.75) is 37.1 Å². The number of aryl methyl sites for hydroxylation is 1. The molecule has 1 aromatic carbocycles. The van der Waals surface area contributed by atoms with Crippen LogP contribution in [0.25, 0.3) is 0 Å². The highest BCUT2D eigenvalue weighted by Crippen LogP contribution is 2.30. The van der Waals surface area contributed by atoms with Crippen LogP contribution in [0.4, 0.5) is 10.5 Å². The van der Waals surface area contributed by atoms with Gasteiger partial charge in [0.05, 0.1) is 17.9 Å². The summed E-state index contributed by atoms with van der Waals surface area (Å²) in [6.07, 6.45) is 1.76. The first kappa shape index (κ1) is 17.0. The Morgan fingerprint density at radius 3 is 2.96 bits per heavy atom. The van der Waals surface area contributed by atoms with Crippen LogP contribution < -0.4 is 10.2 Å². The summed E-state index contributed by atoms with van der Waals surface area (Å²) in [6.45, 7) is 2.11. The number of ether oxygens (including phenoxy) is 1. The van der Waals surface area contributed by atoms with Gasteiger partial charge in [0.1, 0.15) is 6.10 Å². The predicted octanol–water partition coefficient (Wildman–Crippen LogP) is 2.43. The number of carbonyl (C=O) groups is 3. The number of rotatable bonds is 3. The van der Waals surface area contributed by atoms with Crippen LogP contribution in [-0.2, 0) is 16.0 Å². The average molecular weight is 395 g/mol. The molecule has 1 heterocycles. The van der Waals surface area contributed by atoms with Crippen LogP contribution in [0.2, 0.25) is 0 Å². The number of halogens is 1. The summed E-state index contributed by atoms with van der Waals surface area (Å²) >= 11 is 3.44. The number of alkyl halides is 1. The third-order valence-corrected chi connectivity index (χ3v) is 5.18. The molecule has 1 saturated heterocycles. The van der Waals surface area contributed by atoms with Crippen molar-refractivity contribution >= 4 is 39.4 Å². The van der Waals surface area contributed by atoms with Gasteiger partial charge in [0.15, 0.2) is 5.78 Å². The highest BCUT2D eigenvalue weighted by Gasteiger charge is 2.33. The lowest BCUT2D eigenvalue weighted by atomic mass is 10.0. The molecule has 6 nitrogen and oxygen atoms in total. The van der Waals surface area contributed by atoms with E-state index in [2.05, 4.69) is 21.2 Å². The highest BCUT2D eigenvalue weighted by molar-refractivity contribution is 9.10. The number of anilines is 1. The van der Waals surface area contributed by atoms with Gasteiger partial charge in [-0.1, -0.05) is 15.9 Å². The van der Waals surface area contributed by atoms with E-state index in [-0.39, 0.29) is 22.6 Å². The monoisotopic (exact) mass is 394 g/mol. The lowest BCUT2D eigenvalue weighted by Crippen LogP contribution is -2.33. The third-order valence-electron chi connectivity index (χ3n) is 4.31. The summed E-state index contributed by atoms with van der Waals surface area (Å²) in [5.74, 6) is -0.0565. The molecule has 1 fully saturated rings. The standard InChI is InChI=1S/C17H19BrN2O4/c1-10(21)19-8-13-9-20(17(23)24-13)12-5-6-14-11(7-12)3-2-4-15(18)16(14)22/h5-7,13,15H,2-4,8-9H2,1H3,(H,19,21)/t13-,15+/m0/s1. The molecule has 1 aromatic rings. The number of cyclic esters (lactones) is 1. The molecular formula is C17H19BrN2O4. The van der Waals surface area contributed by atoms with E-state index >= 15 is 0 Å². The molecule has 0 spiro atoms. The molecule has 0 bridgehead atoms. The van der Waals surface area contributed by atoms with Crippen molar-refractivity contribution in [2.75, 3.05) is 18.0 Å². The van der Waals surface area contributed by atoms with Crippen LogP contribution in [0.1, 0.15) is 35.7 Å². The Morgan fingerprint density at radius 2 is 2.21 bits per heavy atom. The van der Waals surface area contributed by atoms with Crippen LogP contribution in [0.3, 0.4) is 0 Å². The molecule has 3 rings (SSSR count). The summed E-state index contributed by atoms with van der Waals surface area (Å²) in [6, 6.07) is 5.48. The zero-order valence-corrected chi connectivity index (χ0v) is 15.0. The summed E-state index contributed by atoms with van der Waals surface area (Å²) in [4.78, 5) is 36.8. The molecular weight excluding hydrogens is 376 g/mol. The molecule has 0 saturated carbocycles. The largest absolute Gasteiger partial charge is 0.442 e. The normalized spacial score (nSPS) is 23.5. The fourth-order valence-corrected chi connectivity index (χ4v) is 3.63. The number of hydrogen-bond donors (Lipinski definition) is 1. The molecule has 0 aromatic heterocycles. The summed E-state index contributed by atoms with van der Waals surface area (Å²) in [5, 5.41) is 2.66. The Labute approximate surface area is 148 Å². The van der Waals surface area contributed by atoms with Crippen molar-refractivity contribution in [3.05, 3.63) is 29.3 Å². The molecule has 128 valence electrons. The quantitative estimate of drug-likeness (QED) is 0.630. The average Bonchev–Trinajstić information content (AvgIpc) is 2.86. The number of carbonyl (C=O) groups excluding carboxylic acids is 3. The van der Waals surface area contributed by atoms with E-state index in [4.69, 9.17) is 4.74 Å². The van der Waals surface area contributed by atoms with Crippen LogP contribution in [0.5, 0.6) is 0 Å². The van der Waals surface area contributed by atoms with Crippen molar-refractivity contribution in [3.63, 3.8) is 0 Å². The first-order valence-corrected chi connectivity index (χ1v) is 8.91. The molecule has 7 heteroatoms. The van der Waals surface area contributed by atoms with Gasteiger partial charge < -0.3 is 10.1 Å². The molecule has 0 radical (unpaired) electrons. The van der Waals surface area contributed by atoms with Crippen LogP contribution in [0, 0.1) is 0 Å². The minimum Gasteiger partial charge on any atom is -0.442 e. The minimum absolute atomic E-state index is 0.0987. The Kier molecular flexibility index (Phi) is 4.89. The Balaban J connectivity index is 1.78. The first-order valence-electron chi connectivity index (χ1n) is 7.99. The number of Topliss-reactive ketones (excluding diaryl/α,β-unsaturated/α-hetero) is 1. The van der Waals surface area contributed by atoms with Gasteiger partial charge in [-0.2, -0.15) is 0 Å². The summed E-state index contributed by atoms with van der Waals surface area (Å²) in [7, 11) is 0. The summed E-state index contributed by atoms with van der Waals surface area (Å²) in [5.41, 5.74) is 2.42. The first-order chi connectivity index (χ1) is 11.5. The molecule has 1 N–H and O–H groups in total. The van der Waals surface area contributed by atoms with Crippen molar-refractivity contribution in [1.82, 2.24) is 5.32 Å². The van der Waals surface area contributed by atoms with Gasteiger partial charge in [0, 0.05) is 18.2 Å². The molecule has 1 aliphatic heterocycles.